The number of aromatic nitrogens is 1. The van der Waals surface area contributed by atoms with Gasteiger partial charge in [-0.2, -0.15) is 5.26 Å². The molecule has 1 aromatic carbocycles. The maximum atomic E-state index is 12.1. The fourth-order valence-corrected chi connectivity index (χ4v) is 1.74. The summed E-state index contributed by atoms with van der Waals surface area (Å²) in [5, 5.41) is 20.6. The number of hydrogen-bond donors (Lipinski definition) is 2. The number of pyridine rings is 1. The number of anilines is 1. The normalized spacial score (nSPS) is 10.6. The predicted molar refractivity (Wildman–Crippen MR) is 79.9 cm³/mol. The van der Waals surface area contributed by atoms with E-state index in [9.17, 15) is 9.59 Å². The number of hydrogen-bond acceptors (Lipinski definition) is 4. The first-order valence-electron chi connectivity index (χ1n) is 6.27. The predicted octanol–water partition coefficient (Wildman–Crippen LogP) is 2.33. The van der Waals surface area contributed by atoms with Gasteiger partial charge in [-0.15, -0.1) is 0 Å². The quantitative estimate of drug-likeness (QED) is 0.665. The number of carbonyl (C=O) groups is 2. The standard InChI is InChI=1S/C16H11N3O3/c17-9-12(8-11-4-3-7-18-10-11)15(20)19-14-6-2-1-5-13(14)16(21)22/h1-8,10H,(H,19,20)(H,21,22). The number of carboxylic acid groups (broad SMARTS) is 1. The number of aromatic carboxylic acids is 1. The van der Waals surface area contributed by atoms with E-state index < -0.39 is 11.9 Å². The molecule has 0 aliphatic carbocycles. The van der Waals surface area contributed by atoms with Gasteiger partial charge in [0.15, 0.2) is 0 Å². The van der Waals surface area contributed by atoms with E-state index in [0.29, 0.717) is 5.56 Å². The lowest BCUT2D eigenvalue weighted by molar-refractivity contribution is -0.112. The van der Waals surface area contributed by atoms with Crippen molar-refractivity contribution in [1.82, 2.24) is 4.98 Å². The van der Waals surface area contributed by atoms with Crippen molar-refractivity contribution in [2.45, 2.75) is 0 Å². The molecule has 6 nitrogen and oxygen atoms in total. The summed E-state index contributed by atoms with van der Waals surface area (Å²) in [6, 6.07) is 11.1. The van der Waals surface area contributed by atoms with E-state index >= 15 is 0 Å². The van der Waals surface area contributed by atoms with E-state index in [1.54, 1.807) is 36.5 Å². The number of rotatable bonds is 4. The molecule has 6 heteroatoms. The molecule has 0 spiro atoms. The summed E-state index contributed by atoms with van der Waals surface area (Å²) in [4.78, 5) is 27.1. The van der Waals surface area contributed by atoms with Crippen molar-refractivity contribution < 1.29 is 14.7 Å². The van der Waals surface area contributed by atoms with Gasteiger partial charge in [-0.05, 0) is 29.8 Å². The third kappa shape index (κ3) is 3.55. The van der Waals surface area contributed by atoms with Gasteiger partial charge >= 0.3 is 5.97 Å². The zero-order chi connectivity index (χ0) is 15.9. The molecule has 0 atom stereocenters. The van der Waals surface area contributed by atoms with E-state index in [4.69, 9.17) is 10.4 Å². The van der Waals surface area contributed by atoms with Crippen LogP contribution in [-0.4, -0.2) is 22.0 Å². The third-order valence-electron chi connectivity index (χ3n) is 2.77. The Morgan fingerprint density at radius 3 is 2.64 bits per heavy atom. The Morgan fingerprint density at radius 2 is 2.00 bits per heavy atom. The van der Waals surface area contributed by atoms with E-state index in [1.807, 2.05) is 0 Å². The lowest BCUT2D eigenvalue weighted by atomic mass is 10.1. The summed E-state index contributed by atoms with van der Waals surface area (Å²) in [7, 11) is 0. The lowest BCUT2D eigenvalue weighted by Gasteiger charge is -2.07. The second-order valence-electron chi connectivity index (χ2n) is 4.26. The molecule has 1 heterocycles. The summed E-state index contributed by atoms with van der Waals surface area (Å²) in [5.41, 5.74) is 0.538. The van der Waals surface area contributed by atoms with Crippen LogP contribution in [0.4, 0.5) is 5.69 Å². The highest BCUT2D eigenvalue weighted by molar-refractivity contribution is 6.11. The maximum Gasteiger partial charge on any atom is 0.337 e. The molecular formula is C16H11N3O3. The topological polar surface area (TPSA) is 103 Å². The van der Waals surface area contributed by atoms with Gasteiger partial charge in [0.25, 0.3) is 5.91 Å². The molecule has 2 aromatic rings. The summed E-state index contributed by atoms with van der Waals surface area (Å²) in [5.74, 6) is -1.84. The van der Waals surface area contributed by atoms with Crippen molar-refractivity contribution >= 4 is 23.6 Å². The number of nitrogens with one attached hydrogen (secondary N) is 1. The molecule has 0 aliphatic heterocycles. The third-order valence-corrected chi connectivity index (χ3v) is 2.77. The van der Waals surface area contributed by atoms with Crippen molar-refractivity contribution in [3.8, 4) is 6.07 Å². The number of para-hydroxylation sites is 1. The average molecular weight is 293 g/mol. The molecule has 0 bridgehead atoms. The van der Waals surface area contributed by atoms with Gasteiger partial charge in [-0.3, -0.25) is 9.78 Å². The Kier molecular flexibility index (Phi) is 4.63. The summed E-state index contributed by atoms with van der Waals surface area (Å²) in [6.45, 7) is 0. The Balaban J connectivity index is 2.27. The van der Waals surface area contributed by atoms with E-state index in [0.717, 1.165) is 0 Å². The minimum absolute atomic E-state index is 0.0467. The number of amides is 1. The Labute approximate surface area is 126 Å². The van der Waals surface area contributed by atoms with Gasteiger partial charge < -0.3 is 10.4 Å². The van der Waals surface area contributed by atoms with Crippen LogP contribution in [0.5, 0.6) is 0 Å². The highest BCUT2D eigenvalue weighted by Crippen LogP contribution is 2.16. The van der Waals surface area contributed by atoms with Crippen LogP contribution in [0.25, 0.3) is 6.08 Å². The SMILES string of the molecule is N#CC(=Cc1cccnc1)C(=O)Nc1ccccc1C(=O)O. The van der Waals surface area contributed by atoms with E-state index in [1.165, 1.54) is 24.4 Å². The molecular weight excluding hydrogens is 282 g/mol. The first kappa shape index (κ1) is 14.9. The van der Waals surface area contributed by atoms with Crippen LogP contribution in [0.1, 0.15) is 15.9 Å². The lowest BCUT2D eigenvalue weighted by Crippen LogP contribution is -2.16. The van der Waals surface area contributed by atoms with Crippen LogP contribution in [0.2, 0.25) is 0 Å². The van der Waals surface area contributed by atoms with Crippen LogP contribution in [0, 0.1) is 11.3 Å². The van der Waals surface area contributed by atoms with E-state index in [2.05, 4.69) is 10.3 Å². The first-order valence-corrected chi connectivity index (χ1v) is 6.27. The Bertz CT molecular complexity index is 777. The zero-order valence-electron chi connectivity index (χ0n) is 11.4. The largest absolute Gasteiger partial charge is 0.478 e. The average Bonchev–Trinajstić information content (AvgIpc) is 2.53. The monoisotopic (exact) mass is 293 g/mol. The molecule has 0 fully saturated rings. The van der Waals surface area contributed by atoms with Crippen molar-refractivity contribution in [3.63, 3.8) is 0 Å². The maximum absolute atomic E-state index is 12.1. The number of benzene rings is 1. The molecule has 2 N–H and O–H groups in total. The second-order valence-corrected chi connectivity index (χ2v) is 4.26. The molecule has 0 unspecified atom stereocenters. The smallest absolute Gasteiger partial charge is 0.337 e. The van der Waals surface area contributed by atoms with Gasteiger partial charge in [0.2, 0.25) is 0 Å². The number of nitriles is 1. The van der Waals surface area contributed by atoms with Gasteiger partial charge in [0.05, 0.1) is 11.3 Å². The van der Waals surface area contributed by atoms with Gasteiger partial charge in [0, 0.05) is 12.4 Å². The fourth-order valence-electron chi connectivity index (χ4n) is 1.74. The van der Waals surface area contributed by atoms with Gasteiger partial charge in [-0.1, -0.05) is 18.2 Å². The minimum Gasteiger partial charge on any atom is -0.478 e. The zero-order valence-corrected chi connectivity index (χ0v) is 11.4. The molecule has 2 rings (SSSR count). The Hall–Kier alpha value is -3.46. The molecule has 0 aliphatic rings. The number of nitrogens with zero attached hydrogens (tertiary/aromatic N) is 2. The highest BCUT2D eigenvalue weighted by atomic mass is 16.4. The van der Waals surface area contributed by atoms with Crippen LogP contribution in [0.3, 0.4) is 0 Å². The molecule has 0 radical (unpaired) electrons. The van der Waals surface area contributed by atoms with Gasteiger partial charge in [-0.25, -0.2) is 4.79 Å². The fraction of sp³-hybridized carbons (Fsp3) is 0. The van der Waals surface area contributed by atoms with Crippen LogP contribution in [-0.2, 0) is 4.79 Å². The first-order chi connectivity index (χ1) is 10.6. The highest BCUT2D eigenvalue weighted by Gasteiger charge is 2.14. The molecule has 0 saturated carbocycles. The number of carboxylic acids is 1. The second kappa shape index (κ2) is 6.81. The van der Waals surface area contributed by atoms with Crippen molar-refractivity contribution in [2.24, 2.45) is 0 Å². The summed E-state index contributed by atoms with van der Waals surface area (Å²) >= 11 is 0. The Morgan fingerprint density at radius 1 is 1.23 bits per heavy atom. The molecule has 22 heavy (non-hydrogen) atoms. The molecule has 1 amide bonds. The van der Waals surface area contributed by atoms with Crippen molar-refractivity contribution in [2.75, 3.05) is 5.32 Å². The van der Waals surface area contributed by atoms with Crippen molar-refractivity contribution in [3.05, 3.63) is 65.5 Å². The number of carbonyl (C=O) groups excluding carboxylic acids is 1. The minimum atomic E-state index is -1.16. The summed E-state index contributed by atoms with van der Waals surface area (Å²) in [6.07, 6.45) is 4.47. The van der Waals surface area contributed by atoms with Crippen molar-refractivity contribution in [1.29, 1.82) is 5.26 Å². The molecule has 1 aromatic heterocycles. The molecule has 108 valence electrons. The van der Waals surface area contributed by atoms with Crippen LogP contribution >= 0.6 is 0 Å². The van der Waals surface area contributed by atoms with Gasteiger partial charge in [0.1, 0.15) is 11.6 Å². The van der Waals surface area contributed by atoms with Crippen LogP contribution in [0.15, 0.2) is 54.4 Å². The van der Waals surface area contributed by atoms with E-state index in [-0.39, 0.29) is 16.8 Å². The molecule has 0 saturated heterocycles. The van der Waals surface area contributed by atoms with Crippen LogP contribution < -0.4 is 5.32 Å². The summed E-state index contributed by atoms with van der Waals surface area (Å²) < 4.78 is 0.